The number of carbonyl (C=O) groups is 1. The quantitative estimate of drug-likeness (QED) is 0.800. The molecule has 1 aliphatic heterocycles. The van der Waals surface area contributed by atoms with Gasteiger partial charge in [0.1, 0.15) is 5.82 Å². The van der Waals surface area contributed by atoms with Gasteiger partial charge in [-0.2, -0.15) is 0 Å². The Morgan fingerprint density at radius 1 is 1.37 bits per heavy atom. The van der Waals surface area contributed by atoms with Crippen molar-refractivity contribution in [2.45, 2.75) is 13.1 Å². The van der Waals surface area contributed by atoms with Gasteiger partial charge in [-0.3, -0.25) is 4.79 Å². The Hall–Kier alpha value is -1.33. The molecule has 0 fully saturated rings. The highest BCUT2D eigenvalue weighted by Gasteiger charge is 2.22. The van der Waals surface area contributed by atoms with Crippen LogP contribution in [-0.4, -0.2) is 26.9 Å². The van der Waals surface area contributed by atoms with Gasteiger partial charge in [-0.1, -0.05) is 11.6 Å². The fraction of sp³-hybridized carbons (Fsp3) is 0.231. The monoisotopic (exact) mass is 339 g/mol. The Labute approximate surface area is 124 Å². The van der Waals surface area contributed by atoms with Gasteiger partial charge in [0.25, 0.3) is 5.91 Å². The zero-order chi connectivity index (χ0) is 13.4. The number of aromatic nitrogens is 2. The third-order valence-electron chi connectivity index (χ3n) is 3.20. The van der Waals surface area contributed by atoms with E-state index in [1.165, 1.54) is 0 Å². The number of benzene rings is 1. The van der Waals surface area contributed by atoms with Crippen molar-refractivity contribution in [3.8, 4) is 0 Å². The predicted molar refractivity (Wildman–Crippen MR) is 76.1 cm³/mol. The zero-order valence-electron chi connectivity index (χ0n) is 10.0. The van der Waals surface area contributed by atoms with Crippen molar-refractivity contribution in [2.24, 2.45) is 0 Å². The van der Waals surface area contributed by atoms with Crippen LogP contribution in [-0.2, 0) is 13.1 Å². The maximum absolute atomic E-state index is 12.4. The van der Waals surface area contributed by atoms with Crippen LogP contribution >= 0.6 is 27.5 Å². The van der Waals surface area contributed by atoms with Crippen molar-refractivity contribution in [1.29, 1.82) is 0 Å². The molecule has 0 bridgehead atoms. The van der Waals surface area contributed by atoms with Crippen LogP contribution in [0.5, 0.6) is 0 Å². The molecule has 6 heteroatoms. The lowest BCUT2D eigenvalue weighted by molar-refractivity contribution is 0.0707. The Morgan fingerprint density at radius 3 is 3.00 bits per heavy atom. The summed E-state index contributed by atoms with van der Waals surface area (Å²) in [7, 11) is 0. The number of fused-ring (bicyclic) bond motifs is 1. The van der Waals surface area contributed by atoms with Gasteiger partial charge >= 0.3 is 0 Å². The first-order valence-electron chi connectivity index (χ1n) is 5.89. The zero-order valence-corrected chi connectivity index (χ0v) is 12.4. The summed E-state index contributed by atoms with van der Waals surface area (Å²) < 4.78 is 2.86. The predicted octanol–water partition coefficient (Wildman–Crippen LogP) is 2.96. The summed E-state index contributed by atoms with van der Waals surface area (Å²) in [6.07, 6.45) is 3.70. The minimum Gasteiger partial charge on any atom is -0.332 e. The van der Waals surface area contributed by atoms with E-state index in [2.05, 4.69) is 25.5 Å². The summed E-state index contributed by atoms with van der Waals surface area (Å²) in [5.41, 5.74) is 0.605. The SMILES string of the molecule is O=C(c1ccc(Br)c(Cl)c1)N1CCn2ccnc2C1. The summed E-state index contributed by atoms with van der Waals surface area (Å²) in [4.78, 5) is 18.5. The molecular formula is C13H11BrClN3O. The lowest BCUT2D eigenvalue weighted by atomic mass is 10.2. The van der Waals surface area contributed by atoms with Gasteiger partial charge in [-0.05, 0) is 34.1 Å². The van der Waals surface area contributed by atoms with E-state index in [0.717, 1.165) is 16.8 Å². The standard InChI is InChI=1S/C13H11BrClN3O/c14-10-2-1-9(7-11(10)15)13(19)18-6-5-17-4-3-16-12(17)8-18/h1-4,7H,5-6,8H2. The van der Waals surface area contributed by atoms with Gasteiger partial charge in [-0.15, -0.1) is 0 Å². The Morgan fingerprint density at radius 2 is 2.21 bits per heavy atom. The first-order chi connectivity index (χ1) is 9.15. The largest absolute Gasteiger partial charge is 0.332 e. The maximum Gasteiger partial charge on any atom is 0.254 e. The van der Waals surface area contributed by atoms with E-state index < -0.39 is 0 Å². The number of amides is 1. The van der Waals surface area contributed by atoms with E-state index in [1.807, 2.05) is 6.20 Å². The van der Waals surface area contributed by atoms with Crippen molar-refractivity contribution in [3.63, 3.8) is 0 Å². The van der Waals surface area contributed by atoms with Crippen LogP contribution in [0.3, 0.4) is 0 Å². The molecule has 0 unspecified atom stereocenters. The third kappa shape index (κ3) is 2.40. The molecule has 4 nitrogen and oxygen atoms in total. The minimum absolute atomic E-state index is 0.0105. The van der Waals surface area contributed by atoms with E-state index >= 15 is 0 Å². The summed E-state index contributed by atoms with van der Waals surface area (Å²) in [6.45, 7) is 2.01. The van der Waals surface area contributed by atoms with Crippen LogP contribution in [0.1, 0.15) is 16.2 Å². The van der Waals surface area contributed by atoms with Gasteiger partial charge in [0.15, 0.2) is 0 Å². The highest BCUT2D eigenvalue weighted by Crippen LogP contribution is 2.24. The van der Waals surface area contributed by atoms with E-state index in [-0.39, 0.29) is 5.91 Å². The number of halogens is 2. The van der Waals surface area contributed by atoms with Gasteiger partial charge < -0.3 is 9.47 Å². The molecule has 3 rings (SSSR count). The smallest absolute Gasteiger partial charge is 0.254 e. The third-order valence-corrected chi connectivity index (χ3v) is 4.43. The minimum atomic E-state index is -0.0105. The molecule has 0 aliphatic carbocycles. The van der Waals surface area contributed by atoms with Crippen LogP contribution < -0.4 is 0 Å². The molecule has 98 valence electrons. The first kappa shape index (κ1) is 12.7. The molecule has 0 spiro atoms. The molecule has 2 aromatic rings. The Kier molecular flexibility index (Phi) is 3.33. The van der Waals surface area contributed by atoms with Crippen LogP contribution in [0.15, 0.2) is 35.1 Å². The normalized spacial score (nSPS) is 14.3. The highest BCUT2D eigenvalue weighted by molar-refractivity contribution is 9.10. The van der Waals surface area contributed by atoms with Crippen LogP contribution in [0.4, 0.5) is 0 Å². The molecule has 0 N–H and O–H groups in total. The average molecular weight is 341 g/mol. The molecule has 19 heavy (non-hydrogen) atoms. The summed E-state index contributed by atoms with van der Waals surface area (Å²) >= 11 is 9.35. The molecule has 0 radical (unpaired) electrons. The number of rotatable bonds is 1. The van der Waals surface area contributed by atoms with Gasteiger partial charge in [0, 0.05) is 35.5 Å². The molecule has 0 saturated carbocycles. The maximum atomic E-state index is 12.4. The van der Waals surface area contributed by atoms with Crippen LogP contribution in [0, 0.1) is 0 Å². The van der Waals surface area contributed by atoms with Crippen LogP contribution in [0.25, 0.3) is 0 Å². The molecule has 1 amide bonds. The number of nitrogens with zero attached hydrogens (tertiary/aromatic N) is 3. The molecular weight excluding hydrogens is 330 g/mol. The second-order valence-electron chi connectivity index (χ2n) is 4.39. The van der Waals surface area contributed by atoms with Gasteiger partial charge in [0.2, 0.25) is 0 Å². The summed E-state index contributed by atoms with van der Waals surface area (Å²) in [6, 6.07) is 5.26. The van der Waals surface area contributed by atoms with Crippen LogP contribution in [0.2, 0.25) is 5.02 Å². The molecule has 0 atom stereocenters. The van der Waals surface area contributed by atoms with Gasteiger partial charge in [-0.25, -0.2) is 4.98 Å². The Bertz CT molecular complexity index is 641. The van der Waals surface area contributed by atoms with Crippen molar-refractivity contribution in [1.82, 2.24) is 14.5 Å². The molecule has 1 aromatic carbocycles. The van der Waals surface area contributed by atoms with E-state index in [9.17, 15) is 4.79 Å². The van der Waals surface area contributed by atoms with E-state index in [1.54, 1.807) is 29.3 Å². The topological polar surface area (TPSA) is 38.1 Å². The van der Waals surface area contributed by atoms with Crippen molar-refractivity contribution in [3.05, 3.63) is 51.5 Å². The average Bonchev–Trinajstić information content (AvgIpc) is 2.88. The second kappa shape index (κ2) is 4.98. The van der Waals surface area contributed by atoms with Crippen molar-refractivity contribution >= 4 is 33.4 Å². The lowest BCUT2D eigenvalue weighted by Crippen LogP contribution is -2.38. The Balaban J connectivity index is 1.83. The van der Waals surface area contributed by atoms with Crippen molar-refractivity contribution < 1.29 is 4.79 Å². The van der Waals surface area contributed by atoms with E-state index in [0.29, 0.717) is 23.7 Å². The lowest BCUT2D eigenvalue weighted by Gasteiger charge is -2.27. The molecule has 2 heterocycles. The fourth-order valence-corrected chi connectivity index (χ4v) is 2.59. The van der Waals surface area contributed by atoms with Crippen molar-refractivity contribution in [2.75, 3.05) is 6.54 Å². The molecule has 0 saturated heterocycles. The first-order valence-corrected chi connectivity index (χ1v) is 7.06. The fourth-order valence-electron chi connectivity index (χ4n) is 2.16. The number of hydrogen-bond acceptors (Lipinski definition) is 2. The van der Waals surface area contributed by atoms with E-state index in [4.69, 9.17) is 11.6 Å². The summed E-state index contributed by atoms with van der Waals surface area (Å²) in [5, 5.41) is 0.546. The summed E-state index contributed by atoms with van der Waals surface area (Å²) in [5.74, 6) is 0.909. The number of carbonyl (C=O) groups excluding carboxylic acids is 1. The molecule has 1 aliphatic rings. The highest BCUT2D eigenvalue weighted by atomic mass is 79.9. The number of imidazole rings is 1. The second-order valence-corrected chi connectivity index (χ2v) is 5.65. The van der Waals surface area contributed by atoms with Gasteiger partial charge in [0.05, 0.1) is 11.6 Å². The number of hydrogen-bond donors (Lipinski definition) is 0. The molecule has 1 aromatic heterocycles.